The Morgan fingerprint density at radius 2 is 1.94 bits per heavy atom. The van der Waals surface area contributed by atoms with Gasteiger partial charge in [0, 0.05) is 0 Å². The highest BCUT2D eigenvalue weighted by atomic mass is 19.1. The van der Waals surface area contributed by atoms with E-state index in [1.54, 1.807) is 12.1 Å². The summed E-state index contributed by atoms with van der Waals surface area (Å²) in [5.41, 5.74) is 6.82. The van der Waals surface area contributed by atoms with Gasteiger partial charge >= 0.3 is 0 Å². The van der Waals surface area contributed by atoms with Gasteiger partial charge in [-0.05, 0) is 36.6 Å². The fourth-order valence-electron chi connectivity index (χ4n) is 2.18. The third kappa shape index (κ3) is 5.31. The Morgan fingerprint density at radius 3 is 2.59 bits per heavy atom. The van der Waals surface area contributed by atoms with E-state index in [2.05, 4.69) is 6.92 Å². The van der Waals surface area contributed by atoms with Gasteiger partial charge in [-0.15, -0.1) is 0 Å². The molecule has 1 unspecified atom stereocenters. The van der Waals surface area contributed by atoms with Crippen molar-refractivity contribution in [3.05, 3.63) is 35.6 Å². The lowest BCUT2D eigenvalue weighted by molar-refractivity contribution is 0.545. The molecule has 0 fully saturated rings. The van der Waals surface area contributed by atoms with E-state index in [-0.39, 0.29) is 5.82 Å². The van der Waals surface area contributed by atoms with Crippen molar-refractivity contribution in [1.29, 1.82) is 0 Å². The van der Waals surface area contributed by atoms with E-state index in [4.69, 9.17) is 5.73 Å². The van der Waals surface area contributed by atoms with E-state index in [0.29, 0.717) is 12.5 Å². The zero-order chi connectivity index (χ0) is 12.5. The quantitative estimate of drug-likeness (QED) is 0.673. The van der Waals surface area contributed by atoms with E-state index in [1.165, 1.54) is 38.2 Å². The molecule has 0 aromatic heterocycles. The van der Waals surface area contributed by atoms with Gasteiger partial charge in [-0.3, -0.25) is 0 Å². The largest absolute Gasteiger partial charge is 0.330 e. The van der Waals surface area contributed by atoms with Gasteiger partial charge in [-0.1, -0.05) is 51.2 Å². The van der Waals surface area contributed by atoms with Crippen molar-refractivity contribution in [2.45, 2.75) is 51.4 Å². The lowest BCUT2D eigenvalue weighted by atomic mass is 9.93. The monoisotopic (exact) mass is 237 g/mol. The fraction of sp³-hybridized carbons (Fsp3) is 0.600. The Hall–Kier alpha value is -0.890. The van der Waals surface area contributed by atoms with E-state index in [0.717, 1.165) is 12.0 Å². The van der Waals surface area contributed by atoms with Crippen molar-refractivity contribution in [3.8, 4) is 0 Å². The second-order valence-corrected chi connectivity index (χ2v) is 4.69. The third-order valence-electron chi connectivity index (χ3n) is 3.26. The summed E-state index contributed by atoms with van der Waals surface area (Å²) in [5, 5.41) is 0. The minimum Gasteiger partial charge on any atom is -0.330 e. The first kappa shape index (κ1) is 14.2. The zero-order valence-electron chi connectivity index (χ0n) is 10.8. The lowest BCUT2D eigenvalue weighted by Crippen LogP contribution is -2.12. The molecule has 2 N–H and O–H groups in total. The van der Waals surface area contributed by atoms with Gasteiger partial charge in [0.2, 0.25) is 0 Å². The minimum absolute atomic E-state index is 0.160. The van der Waals surface area contributed by atoms with E-state index in [9.17, 15) is 4.39 Å². The molecule has 0 aliphatic heterocycles. The maximum Gasteiger partial charge on any atom is 0.123 e. The smallest absolute Gasteiger partial charge is 0.123 e. The number of nitrogens with two attached hydrogens (primary N) is 1. The molecule has 0 amide bonds. The summed E-state index contributed by atoms with van der Waals surface area (Å²) in [6, 6.07) is 6.85. The van der Waals surface area contributed by atoms with Gasteiger partial charge in [0.25, 0.3) is 0 Å². The minimum atomic E-state index is -0.160. The molecule has 96 valence electrons. The second-order valence-electron chi connectivity index (χ2n) is 4.69. The van der Waals surface area contributed by atoms with Gasteiger partial charge < -0.3 is 5.73 Å². The molecule has 0 radical (unpaired) electrons. The second kappa shape index (κ2) is 8.24. The molecule has 1 atom stereocenters. The van der Waals surface area contributed by atoms with E-state index >= 15 is 0 Å². The topological polar surface area (TPSA) is 26.0 Å². The van der Waals surface area contributed by atoms with Crippen LogP contribution in [0.3, 0.4) is 0 Å². The van der Waals surface area contributed by atoms with Crippen molar-refractivity contribution in [2.24, 2.45) is 5.73 Å². The highest BCUT2D eigenvalue weighted by Crippen LogP contribution is 2.22. The summed E-state index contributed by atoms with van der Waals surface area (Å²) in [6.07, 6.45) is 7.41. The van der Waals surface area contributed by atoms with Gasteiger partial charge in [0.15, 0.2) is 0 Å². The first-order valence-electron chi connectivity index (χ1n) is 6.73. The molecular formula is C15H24FN. The molecule has 0 heterocycles. The summed E-state index contributed by atoms with van der Waals surface area (Å²) in [4.78, 5) is 0. The molecule has 1 nitrogen and oxygen atoms in total. The average molecular weight is 237 g/mol. The van der Waals surface area contributed by atoms with Gasteiger partial charge in [0.05, 0.1) is 0 Å². The van der Waals surface area contributed by atoms with Crippen molar-refractivity contribution in [1.82, 2.24) is 0 Å². The third-order valence-corrected chi connectivity index (χ3v) is 3.26. The van der Waals surface area contributed by atoms with Crippen LogP contribution in [0.15, 0.2) is 24.3 Å². The molecule has 0 saturated carbocycles. The normalized spacial score (nSPS) is 12.6. The van der Waals surface area contributed by atoms with Crippen LogP contribution in [0.2, 0.25) is 0 Å². The SMILES string of the molecule is CCCCCCCC(CN)c1cccc(F)c1. The lowest BCUT2D eigenvalue weighted by Gasteiger charge is -2.15. The van der Waals surface area contributed by atoms with Crippen LogP contribution in [0.4, 0.5) is 4.39 Å². The number of halogens is 1. The molecule has 1 aromatic rings. The molecule has 1 rings (SSSR count). The summed E-state index contributed by atoms with van der Waals surface area (Å²) in [7, 11) is 0. The van der Waals surface area contributed by atoms with E-state index in [1.807, 2.05) is 6.07 Å². The summed E-state index contributed by atoms with van der Waals surface area (Å²) >= 11 is 0. The predicted molar refractivity (Wildman–Crippen MR) is 71.6 cm³/mol. The molecule has 0 spiro atoms. The van der Waals surface area contributed by atoms with Crippen molar-refractivity contribution >= 4 is 0 Å². The molecule has 17 heavy (non-hydrogen) atoms. The zero-order valence-corrected chi connectivity index (χ0v) is 10.8. The molecule has 0 bridgehead atoms. The van der Waals surface area contributed by atoms with Crippen LogP contribution in [0, 0.1) is 5.82 Å². The van der Waals surface area contributed by atoms with E-state index < -0.39 is 0 Å². The molecule has 0 saturated heterocycles. The standard InChI is InChI=1S/C15H24FN/c1-2-3-4-5-6-8-14(12-17)13-9-7-10-15(16)11-13/h7,9-11,14H,2-6,8,12,17H2,1H3. The van der Waals surface area contributed by atoms with Crippen LogP contribution in [-0.4, -0.2) is 6.54 Å². The van der Waals surface area contributed by atoms with Crippen LogP contribution in [-0.2, 0) is 0 Å². The fourth-order valence-corrected chi connectivity index (χ4v) is 2.18. The number of hydrogen-bond donors (Lipinski definition) is 1. The van der Waals surface area contributed by atoms with Crippen LogP contribution < -0.4 is 5.73 Å². The van der Waals surface area contributed by atoms with Crippen molar-refractivity contribution in [3.63, 3.8) is 0 Å². The highest BCUT2D eigenvalue weighted by Gasteiger charge is 2.09. The van der Waals surface area contributed by atoms with Crippen LogP contribution in [0.25, 0.3) is 0 Å². The number of rotatable bonds is 8. The van der Waals surface area contributed by atoms with Gasteiger partial charge in [0.1, 0.15) is 5.82 Å². The number of hydrogen-bond acceptors (Lipinski definition) is 1. The Kier molecular flexibility index (Phi) is 6.87. The number of benzene rings is 1. The van der Waals surface area contributed by atoms with Crippen LogP contribution >= 0.6 is 0 Å². The molecule has 0 aliphatic rings. The first-order valence-corrected chi connectivity index (χ1v) is 6.73. The molecule has 0 aliphatic carbocycles. The maximum absolute atomic E-state index is 13.1. The number of unbranched alkanes of at least 4 members (excludes halogenated alkanes) is 4. The van der Waals surface area contributed by atoms with Gasteiger partial charge in [-0.2, -0.15) is 0 Å². The first-order chi connectivity index (χ1) is 8.27. The Labute approximate surface area is 104 Å². The van der Waals surface area contributed by atoms with Crippen molar-refractivity contribution < 1.29 is 4.39 Å². The Balaban J connectivity index is 2.38. The molecule has 1 aromatic carbocycles. The average Bonchev–Trinajstić information content (AvgIpc) is 2.34. The Bertz CT molecular complexity index is 312. The predicted octanol–water partition coefficient (Wildman–Crippen LogP) is 4.23. The van der Waals surface area contributed by atoms with Crippen LogP contribution in [0.5, 0.6) is 0 Å². The maximum atomic E-state index is 13.1. The molecular weight excluding hydrogens is 213 g/mol. The van der Waals surface area contributed by atoms with Crippen LogP contribution in [0.1, 0.15) is 56.9 Å². The summed E-state index contributed by atoms with van der Waals surface area (Å²) in [5.74, 6) is 0.152. The molecule has 2 heteroatoms. The summed E-state index contributed by atoms with van der Waals surface area (Å²) in [6.45, 7) is 2.83. The highest BCUT2D eigenvalue weighted by molar-refractivity contribution is 5.20. The van der Waals surface area contributed by atoms with Crippen molar-refractivity contribution in [2.75, 3.05) is 6.54 Å². The van der Waals surface area contributed by atoms with Gasteiger partial charge in [-0.25, -0.2) is 4.39 Å². The Morgan fingerprint density at radius 1 is 1.18 bits per heavy atom. The summed E-state index contributed by atoms with van der Waals surface area (Å²) < 4.78 is 13.1.